The molecule has 4 nitrogen and oxygen atoms in total. The molecule has 0 aromatic heterocycles. The average molecular weight is 288 g/mol. The second-order valence-electron chi connectivity index (χ2n) is 5.12. The minimum Gasteiger partial charge on any atom is -0.481 e. The molecule has 0 saturated heterocycles. The maximum absolute atomic E-state index is 9.64. The Balaban J connectivity index is 0. The molecule has 0 spiro atoms. The van der Waals surface area contributed by atoms with E-state index in [1.165, 1.54) is 64.2 Å². The van der Waals surface area contributed by atoms with Gasteiger partial charge in [0.05, 0.1) is 12.8 Å². The predicted molar refractivity (Wildman–Crippen MR) is 82.0 cm³/mol. The molecule has 0 aromatic rings. The van der Waals surface area contributed by atoms with Gasteiger partial charge in [0, 0.05) is 0 Å². The summed E-state index contributed by atoms with van der Waals surface area (Å²) in [4.78, 5) is 19.3. The van der Waals surface area contributed by atoms with Gasteiger partial charge in [0.25, 0.3) is 0 Å². The third-order valence-electron chi connectivity index (χ3n) is 3.01. The van der Waals surface area contributed by atoms with E-state index in [0.717, 1.165) is 0 Å². The van der Waals surface area contributed by atoms with Gasteiger partial charge in [0.15, 0.2) is 0 Å². The lowest BCUT2D eigenvalue weighted by atomic mass is 10.1. The maximum atomic E-state index is 9.64. The van der Waals surface area contributed by atoms with E-state index in [1.54, 1.807) is 0 Å². The summed E-state index contributed by atoms with van der Waals surface area (Å²) < 4.78 is 0. The first-order chi connectivity index (χ1) is 9.54. The highest BCUT2D eigenvalue weighted by Gasteiger charge is 2.00. The van der Waals surface area contributed by atoms with Gasteiger partial charge in [-0.15, -0.1) is 0 Å². The van der Waals surface area contributed by atoms with Gasteiger partial charge in [-0.25, -0.2) is 0 Å². The van der Waals surface area contributed by atoms with E-state index in [4.69, 9.17) is 10.2 Å². The summed E-state index contributed by atoms with van der Waals surface area (Å²) in [5.41, 5.74) is 0. The van der Waals surface area contributed by atoms with Gasteiger partial charge in [-0.1, -0.05) is 78.1 Å². The van der Waals surface area contributed by atoms with Crippen molar-refractivity contribution in [3.8, 4) is 0 Å². The zero-order valence-corrected chi connectivity index (χ0v) is 13.2. The molecule has 2 N–H and O–H groups in total. The molecule has 0 heterocycles. The summed E-state index contributed by atoms with van der Waals surface area (Å²) in [7, 11) is 0. The highest BCUT2D eigenvalue weighted by molar-refractivity contribution is 5.75. The van der Waals surface area contributed by atoms with Crippen LogP contribution < -0.4 is 0 Å². The summed E-state index contributed by atoms with van der Waals surface area (Å²) in [6, 6.07) is 0. The average Bonchev–Trinajstić information content (AvgIpc) is 2.40. The van der Waals surface area contributed by atoms with Crippen LogP contribution in [0, 0.1) is 0 Å². The van der Waals surface area contributed by atoms with Gasteiger partial charge in [-0.05, 0) is 0 Å². The quantitative estimate of drug-likeness (QED) is 0.503. The molecule has 0 aromatic carbocycles. The maximum Gasteiger partial charge on any atom is 0.303 e. The highest BCUT2D eigenvalue weighted by atomic mass is 16.4. The summed E-state index contributed by atoms with van der Waals surface area (Å²) in [6.45, 7) is 4.56. The van der Waals surface area contributed by atoms with E-state index in [2.05, 4.69) is 13.8 Å². The molecule has 0 bridgehead atoms. The molecule has 0 amide bonds. The fraction of sp³-hybridized carbons (Fsp3) is 0.875. The number of aliphatic carboxylic acids is 2. The first-order valence-corrected chi connectivity index (χ1v) is 7.98. The first-order valence-electron chi connectivity index (χ1n) is 7.98. The topological polar surface area (TPSA) is 74.6 Å². The number of carboxylic acid groups (broad SMARTS) is 2. The Labute approximate surface area is 123 Å². The molecule has 0 saturated carbocycles. The highest BCUT2D eigenvalue weighted by Crippen LogP contribution is 2.09. The molecule has 20 heavy (non-hydrogen) atoms. The van der Waals surface area contributed by atoms with Gasteiger partial charge in [-0.3, -0.25) is 9.59 Å². The van der Waals surface area contributed by atoms with E-state index in [0.29, 0.717) is 0 Å². The molecule has 0 radical (unpaired) electrons. The molecule has 0 atom stereocenters. The number of hydrogen-bond acceptors (Lipinski definition) is 2. The van der Waals surface area contributed by atoms with Crippen LogP contribution in [-0.2, 0) is 9.59 Å². The van der Waals surface area contributed by atoms with Crippen molar-refractivity contribution in [2.75, 3.05) is 0 Å². The third kappa shape index (κ3) is 25.7. The van der Waals surface area contributed by atoms with Crippen LogP contribution in [0.1, 0.15) is 90.9 Å². The van der Waals surface area contributed by atoms with E-state index in [-0.39, 0.29) is 12.8 Å². The van der Waals surface area contributed by atoms with Crippen LogP contribution in [0.4, 0.5) is 0 Å². The summed E-state index contributed by atoms with van der Waals surface area (Å²) in [5.74, 6) is -2.15. The van der Waals surface area contributed by atoms with Crippen LogP contribution >= 0.6 is 0 Å². The fourth-order valence-electron chi connectivity index (χ4n) is 1.77. The largest absolute Gasteiger partial charge is 0.481 e. The van der Waals surface area contributed by atoms with Crippen LogP contribution in [0.2, 0.25) is 0 Å². The van der Waals surface area contributed by atoms with Crippen molar-refractivity contribution in [3.05, 3.63) is 0 Å². The van der Waals surface area contributed by atoms with Crippen LogP contribution in [0.3, 0.4) is 0 Å². The monoisotopic (exact) mass is 288 g/mol. The Hall–Kier alpha value is -1.06. The summed E-state index contributed by atoms with van der Waals surface area (Å²) in [5, 5.41) is 15.8. The SMILES string of the molecule is CCCCCCCCCCCC.O=C(O)CCC(=O)O. The Morgan fingerprint density at radius 2 is 0.850 bits per heavy atom. The van der Waals surface area contributed by atoms with Crippen molar-refractivity contribution >= 4 is 11.9 Å². The molecule has 0 aliphatic rings. The van der Waals surface area contributed by atoms with Crippen molar-refractivity contribution in [2.24, 2.45) is 0 Å². The lowest BCUT2D eigenvalue weighted by molar-refractivity contribution is -0.143. The van der Waals surface area contributed by atoms with E-state index in [1.807, 2.05) is 0 Å². The molecule has 120 valence electrons. The zero-order valence-electron chi connectivity index (χ0n) is 13.2. The number of hydrogen-bond donors (Lipinski definition) is 2. The van der Waals surface area contributed by atoms with Crippen molar-refractivity contribution in [3.63, 3.8) is 0 Å². The lowest BCUT2D eigenvalue weighted by Gasteiger charge is -1.99. The molecule has 0 unspecified atom stereocenters. The Bertz CT molecular complexity index is 203. The number of unbranched alkanes of at least 4 members (excludes halogenated alkanes) is 9. The number of carboxylic acids is 2. The second-order valence-corrected chi connectivity index (χ2v) is 5.12. The first kappa shape index (κ1) is 21.2. The predicted octanol–water partition coefficient (Wildman–Crippen LogP) is 4.86. The van der Waals surface area contributed by atoms with Gasteiger partial charge < -0.3 is 10.2 Å². The molecule has 0 aliphatic carbocycles. The van der Waals surface area contributed by atoms with Crippen molar-refractivity contribution in [2.45, 2.75) is 90.9 Å². The van der Waals surface area contributed by atoms with Crippen LogP contribution in [-0.4, -0.2) is 22.2 Å². The van der Waals surface area contributed by atoms with Crippen molar-refractivity contribution in [1.82, 2.24) is 0 Å². The van der Waals surface area contributed by atoms with Gasteiger partial charge in [0.1, 0.15) is 0 Å². The fourth-order valence-corrected chi connectivity index (χ4v) is 1.77. The third-order valence-corrected chi connectivity index (χ3v) is 3.01. The van der Waals surface area contributed by atoms with E-state index < -0.39 is 11.9 Å². The van der Waals surface area contributed by atoms with Crippen molar-refractivity contribution in [1.29, 1.82) is 0 Å². The lowest BCUT2D eigenvalue weighted by Crippen LogP contribution is -2.00. The van der Waals surface area contributed by atoms with E-state index >= 15 is 0 Å². The van der Waals surface area contributed by atoms with E-state index in [9.17, 15) is 9.59 Å². The van der Waals surface area contributed by atoms with Gasteiger partial charge in [-0.2, -0.15) is 0 Å². The minimum atomic E-state index is -1.08. The molecule has 4 heteroatoms. The Kier molecular flexibility index (Phi) is 19.1. The normalized spacial score (nSPS) is 9.70. The summed E-state index contributed by atoms with van der Waals surface area (Å²) in [6.07, 6.45) is 13.8. The number of rotatable bonds is 12. The van der Waals surface area contributed by atoms with Crippen LogP contribution in [0.15, 0.2) is 0 Å². The molecular weight excluding hydrogens is 256 g/mol. The molecule has 0 rings (SSSR count). The standard InChI is InChI=1S/C12H26.C4H6O4/c1-3-5-7-9-11-12-10-8-6-4-2;5-3(6)1-2-4(7)8/h3-12H2,1-2H3;1-2H2,(H,5,6)(H,7,8). The van der Waals surface area contributed by atoms with Crippen LogP contribution in [0.25, 0.3) is 0 Å². The second kappa shape index (κ2) is 17.9. The molecular formula is C16H32O4. The zero-order chi connectivity index (χ0) is 15.6. The van der Waals surface area contributed by atoms with Crippen molar-refractivity contribution < 1.29 is 19.8 Å². The Morgan fingerprint density at radius 3 is 1.05 bits per heavy atom. The van der Waals surface area contributed by atoms with Gasteiger partial charge >= 0.3 is 11.9 Å². The number of carbonyl (C=O) groups is 2. The van der Waals surface area contributed by atoms with Crippen LogP contribution in [0.5, 0.6) is 0 Å². The Morgan fingerprint density at radius 1 is 0.600 bits per heavy atom. The smallest absolute Gasteiger partial charge is 0.303 e. The molecule has 0 fully saturated rings. The summed E-state index contributed by atoms with van der Waals surface area (Å²) >= 11 is 0. The molecule has 0 aliphatic heterocycles. The minimum absolute atomic E-state index is 0.296. The van der Waals surface area contributed by atoms with Gasteiger partial charge in [0.2, 0.25) is 0 Å².